The molecule has 0 fully saturated rings. The minimum absolute atomic E-state index is 0.0467. The minimum atomic E-state index is -1.37. The van der Waals surface area contributed by atoms with Gasteiger partial charge in [0.15, 0.2) is 0 Å². The number of carboxylic acid groups (broad SMARTS) is 1. The summed E-state index contributed by atoms with van der Waals surface area (Å²) in [6, 6.07) is -4.72. The molecule has 0 spiro atoms. The number of hydrogen-bond acceptors (Lipinski definition) is 7. The first kappa shape index (κ1) is 26.6. The predicted molar refractivity (Wildman–Crippen MR) is 113 cm³/mol. The summed E-state index contributed by atoms with van der Waals surface area (Å²) >= 11 is 0. The molecule has 0 saturated carbocycles. The smallest absolute Gasteiger partial charge is 0.326 e. The van der Waals surface area contributed by atoms with Gasteiger partial charge in [-0.25, -0.2) is 9.78 Å². The van der Waals surface area contributed by atoms with E-state index in [1.807, 2.05) is 0 Å². The average Bonchev–Trinajstić information content (AvgIpc) is 3.22. The molecule has 0 radical (unpaired) electrons. The van der Waals surface area contributed by atoms with E-state index in [9.17, 15) is 29.1 Å². The van der Waals surface area contributed by atoms with Crippen molar-refractivity contribution >= 4 is 29.6 Å². The first-order valence-corrected chi connectivity index (χ1v) is 10.1. The topological polar surface area (TPSA) is 222 Å². The number of carboxylic acids is 1. The number of nitrogens with zero attached hydrogens (tertiary/aromatic N) is 1. The van der Waals surface area contributed by atoms with Gasteiger partial charge in [0.1, 0.15) is 18.1 Å². The summed E-state index contributed by atoms with van der Waals surface area (Å²) in [4.78, 5) is 67.2. The number of aromatic amines is 1. The number of primary amides is 1. The van der Waals surface area contributed by atoms with Gasteiger partial charge >= 0.3 is 5.97 Å². The Morgan fingerprint density at radius 2 is 1.66 bits per heavy atom. The third-order valence-corrected chi connectivity index (χ3v) is 4.84. The Morgan fingerprint density at radius 3 is 2.12 bits per heavy atom. The van der Waals surface area contributed by atoms with E-state index in [2.05, 4.69) is 25.9 Å². The molecular weight excluding hydrogens is 422 g/mol. The van der Waals surface area contributed by atoms with Gasteiger partial charge in [0.05, 0.1) is 18.8 Å². The van der Waals surface area contributed by atoms with Gasteiger partial charge in [-0.05, 0) is 12.8 Å². The van der Waals surface area contributed by atoms with E-state index in [1.165, 1.54) is 19.4 Å². The third-order valence-electron chi connectivity index (χ3n) is 4.84. The normalized spacial score (nSPS) is 15.5. The van der Waals surface area contributed by atoms with Crippen molar-refractivity contribution in [3.63, 3.8) is 0 Å². The van der Waals surface area contributed by atoms with Crippen molar-refractivity contribution in [2.45, 2.75) is 64.2 Å². The fourth-order valence-corrected chi connectivity index (χ4v) is 2.75. The molecule has 0 aliphatic heterocycles. The lowest BCUT2D eigenvalue weighted by Gasteiger charge is -2.26. The highest BCUT2D eigenvalue weighted by Gasteiger charge is 2.32. The maximum Gasteiger partial charge on any atom is 0.326 e. The van der Waals surface area contributed by atoms with E-state index < -0.39 is 60.2 Å². The molecule has 1 aromatic rings. The molecular formula is C19H31N7O6. The number of carbonyl (C=O) groups is 5. The largest absolute Gasteiger partial charge is 0.480 e. The zero-order valence-electron chi connectivity index (χ0n) is 18.3. The molecule has 1 aromatic heterocycles. The van der Waals surface area contributed by atoms with Crippen LogP contribution in [0.25, 0.3) is 0 Å². The first-order valence-electron chi connectivity index (χ1n) is 10.1. The maximum atomic E-state index is 12.9. The number of imidazole rings is 1. The summed E-state index contributed by atoms with van der Waals surface area (Å²) in [5, 5.41) is 16.7. The van der Waals surface area contributed by atoms with Crippen LogP contribution < -0.4 is 27.4 Å². The van der Waals surface area contributed by atoms with Crippen molar-refractivity contribution in [1.82, 2.24) is 25.9 Å². The van der Waals surface area contributed by atoms with Gasteiger partial charge in [-0.2, -0.15) is 0 Å². The molecule has 178 valence electrons. The number of amides is 4. The summed E-state index contributed by atoms with van der Waals surface area (Å²) in [5.41, 5.74) is 11.2. The molecule has 5 atom stereocenters. The Morgan fingerprint density at radius 1 is 1.06 bits per heavy atom. The highest BCUT2D eigenvalue weighted by Crippen LogP contribution is 2.09. The number of aliphatic carboxylic acids is 1. The monoisotopic (exact) mass is 453 g/mol. The number of nitrogens with two attached hydrogens (primary N) is 2. The SMILES string of the molecule is CCC(C)C(NC(=O)C(Cc1cnc[nH]1)NC(=O)C(CC(N)=O)NC(=O)C(C)N)C(=O)O. The van der Waals surface area contributed by atoms with E-state index in [0.29, 0.717) is 12.1 Å². The lowest BCUT2D eigenvalue weighted by atomic mass is 9.98. The molecule has 9 N–H and O–H groups in total. The van der Waals surface area contributed by atoms with Crippen LogP contribution in [0, 0.1) is 5.92 Å². The van der Waals surface area contributed by atoms with Gasteiger partial charge in [0, 0.05) is 18.3 Å². The van der Waals surface area contributed by atoms with Gasteiger partial charge in [-0.3, -0.25) is 19.2 Å². The van der Waals surface area contributed by atoms with Crippen LogP contribution in [-0.2, 0) is 30.4 Å². The van der Waals surface area contributed by atoms with Crippen LogP contribution in [0.5, 0.6) is 0 Å². The van der Waals surface area contributed by atoms with Gasteiger partial charge in [-0.15, -0.1) is 0 Å². The van der Waals surface area contributed by atoms with E-state index in [4.69, 9.17) is 11.5 Å². The molecule has 5 unspecified atom stereocenters. The quantitative estimate of drug-likeness (QED) is 0.172. The average molecular weight is 454 g/mol. The summed E-state index contributed by atoms with van der Waals surface area (Å²) in [6.45, 7) is 4.85. The number of aromatic nitrogens is 2. The highest BCUT2D eigenvalue weighted by molar-refractivity contribution is 5.96. The number of nitrogens with one attached hydrogen (secondary N) is 4. The molecule has 0 aromatic carbocycles. The van der Waals surface area contributed by atoms with Crippen molar-refractivity contribution in [3.8, 4) is 0 Å². The van der Waals surface area contributed by atoms with Crippen LogP contribution >= 0.6 is 0 Å². The Balaban J connectivity index is 3.08. The highest BCUT2D eigenvalue weighted by atomic mass is 16.4. The second-order valence-corrected chi connectivity index (χ2v) is 7.57. The van der Waals surface area contributed by atoms with Crippen molar-refractivity contribution in [2.24, 2.45) is 17.4 Å². The minimum Gasteiger partial charge on any atom is -0.480 e. The van der Waals surface area contributed by atoms with Crippen LogP contribution in [0.15, 0.2) is 12.5 Å². The van der Waals surface area contributed by atoms with E-state index >= 15 is 0 Å². The first-order chi connectivity index (χ1) is 15.0. The predicted octanol–water partition coefficient (Wildman–Crippen LogP) is -2.24. The summed E-state index contributed by atoms with van der Waals surface area (Å²) in [6.07, 6.45) is 2.75. The molecule has 0 aliphatic rings. The Labute approximate surface area is 185 Å². The summed E-state index contributed by atoms with van der Waals surface area (Å²) in [5.74, 6) is -4.73. The van der Waals surface area contributed by atoms with Crippen molar-refractivity contribution in [2.75, 3.05) is 0 Å². The molecule has 0 saturated heterocycles. The summed E-state index contributed by atoms with van der Waals surface area (Å²) < 4.78 is 0. The van der Waals surface area contributed by atoms with Gasteiger partial charge in [0.25, 0.3) is 0 Å². The summed E-state index contributed by atoms with van der Waals surface area (Å²) in [7, 11) is 0. The second kappa shape index (κ2) is 12.4. The molecule has 32 heavy (non-hydrogen) atoms. The second-order valence-electron chi connectivity index (χ2n) is 7.57. The standard InChI is InChI=1S/C19H31N7O6/c1-4-9(2)15(19(31)32)26-18(30)12(5-11-7-22-8-23-11)25-17(29)13(6-14(21)27)24-16(28)10(3)20/h7-10,12-13,15H,4-6,20H2,1-3H3,(H2,21,27)(H,22,23)(H,24,28)(H,25,29)(H,26,30)(H,31,32). The molecule has 0 aliphatic carbocycles. The third kappa shape index (κ3) is 8.34. The lowest BCUT2D eigenvalue weighted by Crippen LogP contribution is -2.58. The number of hydrogen-bond donors (Lipinski definition) is 7. The fraction of sp³-hybridized carbons (Fsp3) is 0.579. The number of rotatable bonds is 13. The van der Waals surface area contributed by atoms with E-state index in [0.717, 1.165) is 0 Å². The number of H-pyrrole nitrogens is 1. The molecule has 13 nitrogen and oxygen atoms in total. The van der Waals surface area contributed by atoms with E-state index in [-0.39, 0.29) is 12.3 Å². The van der Waals surface area contributed by atoms with Gasteiger partial charge < -0.3 is 37.5 Å². The zero-order chi connectivity index (χ0) is 24.4. The van der Waals surface area contributed by atoms with Crippen molar-refractivity contribution in [3.05, 3.63) is 18.2 Å². The van der Waals surface area contributed by atoms with Crippen molar-refractivity contribution < 1.29 is 29.1 Å². The van der Waals surface area contributed by atoms with Crippen LogP contribution in [-0.4, -0.2) is 68.8 Å². The van der Waals surface area contributed by atoms with Crippen LogP contribution in [0.3, 0.4) is 0 Å². The zero-order valence-corrected chi connectivity index (χ0v) is 18.3. The van der Waals surface area contributed by atoms with Crippen molar-refractivity contribution in [1.29, 1.82) is 0 Å². The van der Waals surface area contributed by atoms with Crippen LogP contribution in [0.2, 0.25) is 0 Å². The van der Waals surface area contributed by atoms with Crippen LogP contribution in [0.1, 0.15) is 39.3 Å². The molecule has 13 heteroatoms. The Kier molecular flexibility index (Phi) is 10.3. The van der Waals surface area contributed by atoms with Gasteiger partial charge in [-0.1, -0.05) is 20.3 Å². The molecule has 4 amide bonds. The molecule has 1 heterocycles. The number of carbonyl (C=O) groups excluding carboxylic acids is 4. The lowest BCUT2D eigenvalue weighted by molar-refractivity contribution is -0.144. The van der Waals surface area contributed by atoms with Gasteiger partial charge in [0.2, 0.25) is 23.6 Å². The molecule has 1 rings (SSSR count). The van der Waals surface area contributed by atoms with Crippen LogP contribution in [0.4, 0.5) is 0 Å². The fourth-order valence-electron chi connectivity index (χ4n) is 2.75. The van der Waals surface area contributed by atoms with E-state index in [1.54, 1.807) is 13.8 Å². The Hall–Kier alpha value is -3.48. The maximum absolute atomic E-state index is 12.9. The molecule has 0 bridgehead atoms. The Bertz CT molecular complexity index is 811.